The van der Waals surface area contributed by atoms with E-state index in [2.05, 4.69) is 10.4 Å². The molecule has 0 aliphatic heterocycles. The first-order valence-corrected chi connectivity index (χ1v) is 6.12. The molecule has 1 aromatic carbocycles. The van der Waals surface area contributed by atoms with Crippen LogP contribution in [0.3, 0.4) is 0 Å². The molecule has 0 aliphatic rings. The van der Waals surface area contributed by atoms with Crippen molar-refractivity contribution in [2.75, 3.05) is 0 Å². The fraction of sp³-hybridized carbons (Fsp3) is 0.357. The molecule has 0 atom stereocenters. The minimum Gasteiger partial charge on any atom is -0.308 e. The predicted octanol–water partition coefficient (Wildman–Crippen LogP) is 2.60. The fourth-order valence-corrected chi connectivity index (χ4v) is 2.07. The van der Waals surface area contributed by atoms with Gasteiger partial charge in [-0.05, 0) is 32.0 Å². The van der Waals surface area contributed by atoms with Gasteiger partial charge in [-0.25, -0.2) is 8.78 Å². The van der Waals surface area contributed by atoms with Gasteiger partial charge in [-0.3, -0.25) is 4.68 Å². The number of nitrogens with zero attached hydrogens (tertiary/aromatic N) is 2. The van der Waals surface area contributed by atoms with E-state index < -0.39 is 11.6 Å². The normalized spacial score (nSPS) is 11.0. The Morgan fingerprint density at radius 1 is 1.21 bits per heavy atom. The Kier molecular flexibility index (Phi) is 3.95. The van der Waals surface area contributed by atoms with Crippen LogP contribution in [0.4, 0.5) is 8.78 Å². The summed E-state index contributed by atoms with van der Waals surface area (Å²) in [5, 5.41) is 7.43. The second-order valence-electron chi connectivity index (χ2n) is 4.61. The number of hydrogen-bond donors (Lipinski definition) is 1. The maximum absolute atomic E-state index is 13.4. The van der Waals surface area contributed by atoms with Crippen LogP contribution in [0.2, 0.25) is 0 Å². The molecule has 0 amide bonds. The van der Waals surface area contributed by atoms with Crippen molar-refractivity contribution in [3.63, 3.8) is 0 Å². The van der Waals surface area contributed by atoms with Crippen molar-refractivity contribution in [3.05, 3.63) is 52.3 Å². The minimum absolute atomic E-state index is 0.289. The van der Waals surface area contributed by atoms with Crippen LogP contribution in [-0.2, 0) is 20.1 Å². The van der Waals surface area contributed by atoms with Crippen molar-refractivity contribution in [2.45, 2.75) is 26.9 Å². The molecule has 1 N–H and O–H groups in total. The SMILES string of the molecule is Cc1nn(C)c(C)c1CNCc1cc(F)ccc1F. The lowest BCUT2D eigenvalue weighted by atomic mass is 10.1. The van der Waals surface area contributed by atoms with E-state index in [0.29, 0.717) is 12.1 Å². The molecule has 1 heterocycles. The average molecular weight is 265 g/mol. The summed E-state index contributed by atoms with van der Waals surface area (Å²) >= 11 is 0. The van der Waals surface area contributed by atoms with Crippen molar-refractivity contribution in [1.29, 1.82) is 0 Å². The second-order valence-corrected chi connectivity index (χ2v) is 4.61. The van der Waals surface area contributed by atoms with Gasteiger partial charge in [0.1, 0.15) is 11.6 Å². The van der Waals surface area contributed by atoms with Crippen molar-refractivity contribution < 1.29 is 8.78 Å². The molecule has 0 bridgehead atoms. The van der Waals surface area contributed by atoms with Crippen LogP contribution in [0.5, 0.6) is 0 Å². The lowest BCUT2D eigenvalue weighted by Gasteiger charge is -2.07. The number of hydrogen-bond acceptors (Lipinski definition) is 2. The molecule has 5 heteroatoms. The number of nitrogens with one attached hydrogen (secondary N) is 1. The van der Waals surface area contributed by atoms with Crippen LogP contribution in [0.15, 0.2) is 18.2 Å². The van der Waals surface area contributed by atoms with Gasteiger partial charge in [0, 0.05) is 37.0 Å². The van der Waals surface area contributed by atoms with Crippen molar-refractivity contribution in [2.24, 2.45) is 7.05 Å². The highest BCUT2D eigenvalue weighted by molar-refractivity contribution is 5.24. The molecular formula is C14H17F2N3. The third kappa shape index (κ3) is 2.98. The summed E-state index contributed by atoms with van der Waals surface area (Å²) in [6.07, 6.45) is 0. The average Bonchev–Trinajstić information content (AvgIpc) is 2.60. The van der Waals surface area contributed by atoms with Crippen molar-refractivity contribution >= 4 is 0 Å². The predicted molar refractivity (Wildman–Crippen MR) is 69.6 cm³/mol. The molecule has 0 unspecified atom stereocenters. The van der Waals surface area contributed by atoms with Gasteiger partial charge in [-0.1, -0.05) is 0 Å². The van der Waals surface area contributed by atoms with Gasteiger partial charge in [0.25, 0.3) is 0 Å². The zero-order valence-corrected chi connectivity index (χ0v) is 11.3. The molecule has 0 aliphatic carbocycles. The molecule has 2 aromatic rings. The van der Waals surface area contributed by atoms with Crippen LogP contribution >= 0.6 is 0 Å². The Labute approximate surface area is 111 Å². The van der Waals surface area contributed by atoms with E-state index in [9.17, 15) is 8.78 Å². The van der Waals surface area contributed by atoms with E-state index in [-0.39, 0.29) is 6.54 Å². The molecule has 3 nitrogen and oxygen atoms in total. The number of aryl methyl sites for hydroxylation is 2. The molecule has 0 spiro atoms. The summed E-state index contributed by atoms with van der Waals surface area (Å²) in [4.78, 5) is 0. The Morgan fingerprint density at radius 3 is 2.58 bits per heavy atom. The highest BCUT2D eigenvalue weighted by Crippen LogP contribution is 2.13. The van der Waals surface area contributed by atoms with E-state index in [0.717, 1.165) is 29.1 Å². The molecule has 0 saturated carbocycles. The van der Waals surface area contributed by atoms with Gasteiger partial charge in [0.05, 0.1) is 5.69 Å². The molecule has 0 fully saturated rings. The Hall–Kier alpha value is -1.75. The van der Waals surface area contributed by atoms with Gasteiger partial charge < -0.3 is 5.32 Å². The smallest absolute Gasteiger partial charge is 0.127 e. The Morgan fingerprint density at radius 2 is 1.95 bits per heavy atom. The van der Waals surface area contributed by atoms with Gasteiger partial charge in [0.2, 0.25) is 0 Å². The highest BCUT2D eigenvalue weighted by Gasteiger charge is 2.09. The molecular weight excluding hydrogens is 248 g/mol. The Balaban J connectivity index is 2.02. The van der Waals surface area contributed by atoms with Crippen molar-refractivity contribution in [1.82, 2.24) is 15.1 Å². The quantitative estimate of drug-likeness (QED) is 0.921. The van der Waals surface area contributed by atoms with Crippen LogP contribution in [0.25, 0.3) is 0 Å². The first kappa shape index (κ1) is 13.7. The van der Waals surface area contributed by atoms with Gasteiger partial charge >= 0.3 is 0 Å². The molecule has 0 radical (unpaired) electrons. The summed E-state index contributed by atoms with van der Waals surface area (Å²) in [5.41, 5.74) is 3.45. The maximum Gasteiger partial charge on any atom is 0.127 e. The van der Waals surface area contributed by atoms with Crippen LogP contribution in [0, 0.1) is 25.5 Å². The third-order valence-electron chi connectivity index (χ3n) is 3.28. The van der Waals surface area contributed by atoms with E-state index >= 15 is 0 Å². The van der Waals surface area contributed by atoms with Crippen LogP contribution < -0.4 is 5.32 Å². The molecule has 102 valence electrons. The van der Waals surface area contributed by atoms with Crippen molar-refractivity contribution in [3.8, 4) is 0 Å². The molecule has 0 saturated heterocycles. The summed E-state index contributed by atoms with van der Waals surface area (Å²) in [6, 6.07) is 3.48. The minimum atomic E-state index is -0.424. The Bertz CT molecular complexity index is 591. The standard InChI is InChI=1S/C14H17F2N3/c1-9-13(10(2)19(3)18-9)8-17-7-11-6-12(15)4-5-14(11)16/h4-6,17H,7-8H2,1-3H3. The number of rotatable bonds is 4. The van der Waals surface area contributed by atoms with E-state index in [1.54, 1.807) is 0 Å². The largest absolute Gasteiger partial charge is 0.308 e. The number of benzene rings is 1. The van der Waals surface area contributed by atoms with Gasteiger partial charge in [0.15, 0.2) is 0 Å². The van der Waals surface area contributed by atoms with Crippen LogP contribution in [-0.4, -0.2) is 9.78 Å². The van der Waals surface area contributed by atoms with Crippen LogP contribution in [0.1, 0.15) is 22.5 Å². The highest BCUT2D eigenvalue weighted by atomic mass is 19.1. The number of aromatic nitrogens is 2. The first-order valence-electron chi connectivity index (χ1n) is 6.12. The maximum atomic E-state index is 13.4. The monoisotopic (exact) mass is 265 g/mol. The topological polar surface area (TPSA) is 29.9 Å². The second kappa shape index (κ2) is 5.48. The summed E-state index contributed by atoms with van der Waals surface area (Å²) in [6.45, 7) is 4.80. The lowest BCUT2D eigenvalue weighted by molar-refractivity contribution is 0.568. The lowest BCUT2D eigenvalue weighted by Crippen LogP contribution is -2.15. The van der Waals surface area contributed by atoms with Gasteiger partial charge in [-0.2, -0.15) is 5.10 Å². The zero-order chi connectivity index (χ0) is 14.0. The van der Waals surface area contributed by atoms with E-state index in [4.69, 9.17) is 0 Å². The summed E-state index contributed by atoms with van der Waals surface area (Å²) in [5.74, 6) is -0.819. The first-order chi connectivity index (χ1) is 8.99. The van der Waals surface area contributed by atoms with E-state index in [1.165, 1.54) is 6.07 Å². The third-order valence-corrected chi connectivity index (χ3v) is 3.28. The molecule has 1 aromatic heterocycles. The molecule has 2 rings (SSSR count). The van der Waals surface area contributed by atoms with Gasteiger partial charge in [-0.15, -0.1) is 0 Å². The molecule has 19 heavy (non-hydrogen) atoms. The number of halogens is 2. The summed E-state index contributed by atoms with van der Waals surface area (Å²) in [7, 11) is 1.89. The fourth-order valence-electron chi connectivity index (χ4n) is 2.07. The summed E-state index contributed by atoms with van der Waals surface area (Å²) < 4.78 is 28.3. The zero-order valence-electron chi connectivity index (χ0n) is 11.3. The van der Waals surface area contributed by atoms with E-state index in [1.807, 2.05) is 25.6 Å².